The third kappa shape index (κ3) is 6.51. The second kappa shape index (κ2) is 17.4. The summed E-state index contributed by atoms with van der Waals surface area (Å²) in [4.78, 5) is 21.1. The number of rotatable bonds is 4. The number of nitrogens with one attached hydrogen (secondary N) is 2. The van der Waals surface area contributed by atoms with Crippen molar-refractivity contribution in [3.05, 3.63) is 267 Å². The third-order valence-electron chi connectivity index (χ3n) is 16.9. The summed E-state index contributed by atoms with van der Waals surface area (Å²) in [5, 5.41) is 13.7. The van der Waals surface area contributed by atoms with Crippen LogP contribution in [0.2, 0.25) is 0 Å². The fourth-order valence-corrected chi connectivity index (χ4v) is 13.4. The number of aromatic nitrogens is 4. The van der Waals surface area contributed by atoms with Crippen LogP contribution < -0.4 is 0 Å². The molecule has 1 aliphatic carbocycles. The van der Waals surface area contributed by atoms with Gasteiger partial charge in [-0.3, -0.25) is 0 Å². The second-order valence-electron chi connectivity index (χ2n) is 21.2. The van der Waals surface area contributed by atoms with Crippen molar-refractivity contribution >= 4 is 86.7 Å². The van der Waals surface area contributed by atoms with Gasteiger partial charge in [-0.2, -0.15) is 0 Å². The zero-order chi connectivity index (χ0) is 52.4. The predicted octanol–water partition coefficient (Wildman–Crippen LogP) is 20.6. The second-order valence-corrected chi connectivity index (χ2v) is 21.2. The zero-order valence-electron chi connectivity index (χ0n) is 43.3. The monoisotopic (exact) mass is 1010 g/mol. The van der Waals surface area contributed by atoms with Crippen LogP contribution in [0.15, 0.2) is 267 Å². The first-order valence-corrected chi connectivity index (χ1v) is 27.5. The fourth-order valence-electron chi connectivity index (χ4n) is 13.4. The number of hydrogen-bond donors (Lipinski definition) is 2. The van der Waals surface area contributed by atoms with Crippen molar-refractivity contribution in [3.8, 4) is 89.5 Å². The van der Waals surface area contributed by atoms with Crippen LogP contribution in [-0.4, -0.2) is 19.9 Å². The Hall–Kier alpha value is -10.7. The Bertz CT molecular complexity index is 4940. The van der Waals surface area contributed by atoms with Gasteiger partial charge in [-0.05, 0) is 65.3 Å². The molecule has 4 nitrogen and oxygen atoms in total. The molecule has 0 radical (unpaired) electrons. The molecule has 0 saturated carbocycles. The van der Waals surface area contributed by atoms with Crippen LogP contribution in [0, 0.1) is 0 Å². The quantitative estimate of drug-likeness (QED) is 0.185. The number of hydrogen-bond acceptors (Lipinski definition) is 2. The van der Waals surface area contributed by atoms with Crippen molar-refractivity contribution in [2.75, 3.05) is 0 Å². The molecule has 370 valence electrons. The van der Waals surface area contributed by atoms with Crippen LogP contribution >= 0.6 is 0 Å². The molecule has 0 unspecified atom stereocenters. The summed E-state index contributed by atoms with van der Waals surface area (Å²) >= 11 is 0. The van der Waals surface area contributed by atoms with E-state index in [1.165, 1.54) is 0 Å². The summed E-state index contributed by atoms with van der Waals surface area (Å²) in [5.74, 6) is 0. The molecular weight excluding hydrogens is 969 g/mol. The SMILES string of the molecule is c1ccc(-c2c3nc(c(-c4ccccc4)c4[nH]c(c(-c5ccccc5)c5nc(c(-c6ccccc6)c6[nH]c2c2ccc7ccccc7c62)-c2ccc6ccccc6c2-5)c2ccc5ccccc5c42)-c2ccc4ccccc4c2-3)cc1. The van der Waals surface area contributed by atoms with Crippen LogP contribution in [0.3, 0.4) is 0 Å². The molecule has 4 heterocycles. The molecule has 14 aromatic rings. The lowest BCUT2D eigenvalue weighted by Gasteiger charge is -2.11. The van der Waals surface area contributed by atoms with Crippen molar-refractivity contribution in [1.29, 1.82) is 0 Å². The summed E-state index contributed by atoms with van der Waals surface area (Å²) in [7, 11) is 0. The van der Waals surface area contributed by atoms with Crippen molar-refractivity contribution in [2.45, 2.75) is 0 Å². The van der Waals surface area contributed by atoms with E-state index < -0.39 is 0 Å². The van der Waals surface area contributed by atoms with Crippen LogP contribution in [0.4, 0.5) is 0 Å². The molecule has 0 spiro atoms. The number of aromatic amines is 2. The highest BCUT2D eigenvalue weighted by atomic mass is 14.8. The minimum Gasteiger partial charge on any atom is -0.353 e. The summed E-state index contributed by atoms with van der Waals surface area (Å²) < 4.78 is 0. The summed E-state index contributed by atoms with van der Waals surface area (Å²) in [6, 6.07) is 97.3. The van der Waals surface area contributed by atoms with Gasteiger partial charge in [-0.25, -0.2) is 9.97 Å². The Labute approximate surface area is 460 Å². The standard InChI is InChI=1S/C76H46N4/c1-5-25-49(26-6-1)61-69-57-41-37-46-22-14-18-34-54(46)66(57)74(77-69)63(51-29-9-3-10-30-51)71-59-43-39-48-24-16-20-36-56(48)68(59)76(79-71)64(52-31-11-4-12-32-52)72-60-44-40-47-23-15-19-35-55(47)67(60)75(80-72)62(50-27-7-2-8-28-50)70-58-42-38-45-21-13-17-33-53(45)65(58)73(61)78-70/h1-44,77,80H. The lowest BCUT2D eigenvalue weighted by atomic mass is 9.90. The van der Waals surface area contributed by atoms with E-state index in [9.17, 15) is 0 Å². The first kappa shape index (κ1) is 44.4. The molecule has 0 fully saturated rings. The van der Waals surface area contributed by atoms with Gasteiger partial charge in [0.2, 0.25) is 0 Å². The van der Waals surface area contributed by atoms with Gasteiger partial charge < -0.3 is 9.97 Å². The average molecular weight is 1020 g/mol. The average Bonchev–Trinajstić information content (AvgIpc) is 4.49. The summed E-state index contributed by atoms with van der Waals surface area (Å²) in [6.07, 6.45) is 0. The Morgan fingerprint density at radius 2 is 0.487 bits per heavy atom. The van der Waals surface area contributed by atoms with E-state index in [-0.39, 0.29) is 0 Å². The van der Waals surface area contributed by atoms with Gasteiger partial charge in [0.05, 0.1) is 44.8 Å². The maximum absolute atomic E-state index is 6.21. The summed E-state index contributed by atoms with van der Waals surface area (Å²) in [6.45, 7) is 0. The van der Waals surface area contributed by atoms with Gasteiger partial charge in [-0.15, -0.1) is 0 Å². The molecule has 2 aliphatic heterocycles. The molecule has 12 aromatic carbocycles. The van der Waals surface area contributed by atoms with Crippen LogP contribution in [0.5, 0.6) is 0 Å². The Kier molecular flexibility index (Phi) is 9.68. The molecule has 0 saturated heterocycles. The van der Waals surface area contributed by atoms with Crippen molar-refractivity contribution in [1.82, 2.24) is 19.9 Å². The maximum Gasteiger partial charge on any atom is 0.0822 e. The van der Waals surface area contributed by atoms with Crippen molar-refractivity contribution < 1.29 is 0 Å². The van der Waals surface area contributed by atoms with E-state index in [0.717, 1.165) is 176 Å². The highest BCUT2D eigenvalue weighted by Crippen LogP contribution is 2.55. The highest BCUT2D eigenvalue weighted by molar-refractivity contribution is 6.30. The van der Waals surface area contributed by atoms with Gasteiger partial charge in [0, 0.05) is 66.1 Å². The molecule has 17 rings (SSSR count). The van der Waals surface area contributed by atoms with Crippen LogP contribution in [-0.2, 0) is 0 Å². The number of H-pyrrole nitrogens is 2. The zero-order valence-corrected chi connectivity index (χ0v) is 43.3. The van der Waals surface area contributed by atoms with E-state index in [1.807, 2.05) is 0 Å². The minimum atomic E-state index is 0.902. The van der Waals surface area contributed by atoms with Crippen molar-refractivity contribution in [3.63, 3.8) is 0 Å². The maximum atomic E-state index is 6.21. The third-order valence-corrected chi connectivity index (χ3v) is 16.9. The highest BCUT2D eigenvalue weighted by Gasteiger charge is 2.32. The van der Waals surface area contributed by atoms with Crippen LogP contribution in [0.1, 0.15) is 0 Å². The van der Waals surface area contributed by atoms with Gasteiger partial charge in [0.1, 0.15) is 0 Å². The van der Waals surface area contributed by atoms with Crippen LogP contribution in [0.25, 0.3) is 176 Å². The van der Waals surface area contributed by atoms with E-state index in [2.05, 4.69) is 277 Å². The first-order valence-electron chi connectivity index (χ1n) is 27.5. The number of nitrogens with zero attached hydrogens (tertiary/aromatic N) is 2. The Morgan fingerprint density at radius 3 is 0.850 bits per heavy atom. The topological polar surface area (TPSA) is 57.4 Å². The molecule has 8 bridgehead atoms. The molecule has 3 aliphatic rings. The number of fused-ring (bicyclic) bond motifs is 4. The molecular formula is C76H46N4. The van der Waals surface area contributed by atoms with E-state index in [4.69, 9.17) is 9.97 Å². The van der Waals surface area contributed by atoms with E-state index >= 15 is 0 Å². The van der Waals surface area contributed by atoms with Gasteiger partial charge >= 0.3 is 0 Å². The largest absolute Gasteiger partial charge is 0.353 e. The van der Waals surface area contributed by atoms with E-state index in [0.29, 0.717) is 0 Å². The fraction of sp³-hybridized carbons (Fsp3) is 0. The Morgan fingerprint density at radius 1 is 0.200 bits per heavy atom. The smallest absolute Gasteiger partial charge is 0.0822 e. The van der Waals surface area contributed by atoms with Crippen molar-refractivity contribution in [2.24, 2.45) is 0 Å². The molecule has 2 N–H and O–H groups in total. The van der Waals surface area contributed by atoms with Gasteiger partial charge in [0.15, 0.2) is 0 Å². The number of benzene rings is 12. The molecule has 4 heteroatoms. The Balaban J connectivity index is 1.25. The van der Waals surface area contributed by atoms with E-state index in [1.54, 1.807) is 0 Å². The lowest BCUT2D eigenvalue weighted by molar-refractivity contribution is 1.40. The molecule has 2 aromatic heterocycles. The van der Waals surface area contributed by atoms with Gasteiger partial charge in [-0.1, -0.05) is 267 Å². The van der Waals surface area contributed by atoms with Gasteiger partial charge in [0.25, 0.3) is 0 Å². The molecule has 0 atom stereocenters. The first-order chi connectivity index (χ1) is 39.7. The lowest BCUT2D eigenvalue weighted by Crippen LogP contribution is -1.88. The summed E-state index contributed by atoms with van der Waals surface area (Å²) in [5.41, 5.74) is 20.3. The molecule has 0 amide bonds. The normalized spacial score (nSPS) is 12.0. The predicted molar refractivity (Wildman–Crippen MR) is 337 cm³/mol. The minimum absolute atomic E-state index is 0.902. The molecule has 80 heavy (non-hydrogen) atoms.